The summed E-state index contributed by atoms with van der Waals surface area (Å²) in [4.78, 5) is 0. The van der Waals surface area contributed by atoms with Crippen LogP contribution in [0.2, 0.25) is 0 Å². The van der Waals surface area contributed by atoms with Gasteiger partial charge in [0.15, 0.2) is 0 Å². The van der Waals surface area contributed by atoms with Gasteiger partial charge < -0.3 is 9.84 Å². The van der Waals surface area contributed by atoms with E-state index >= 15 is 0 Å². The molecule has 0 aliphatic rings. The fourth-order valence-corrected chi connectivity index (χ4v) is 1.03. The van der Waals surface area contributed by atoms with E-state index in [1.54, 1.807) is 31.4 Å². The number of rotatable bonds is 3. The Kier molecular flexibility index (Phi) is 3.30. The van der Waals surface area contributed by atoms with Gasteiger partial charge in [0.25, 0.3) is 0 Å². The fourth-order valence-electron chi connectivity index (χ4n) is 1.03. The normalized spacial score (nSPS) is 11.8. The molecule has 0 aliphatic heterocycles. The molecule has 0 heterocycles. The Morgan fingerprint density at radius 2 is 2.08 bits per heavy atom. The zero-order chi connectivity index (χ0) is 9.68. The molecule has 1 aromatic rings. The number of hydrogen-bond donors (Lipinski definition) is 1. The summed E-state index contributed by atoms with van der Waals surface area (Å²) in [5, 5.41) is 17.8. The Bertz CT molecular complexity index is 300. The summed E-state index contributed by atoms with van der Waals surface area (Å²) < 4.78 is 4.96. The highest BCUT2D eigenvalue weighted by atomic mass is 16.5. The molecule has 3 heteroatoms. The molecule has 0 saturated heterocycles. The van der Waals surface area contributed by atoms with Gasteiger partial charge in [-0.3, -0.25) is 0 Å². The van der Waals surface area contributed by atoms with E-state index in [4.69, 9.17) is 10.00 Å². The van der Waals surface area contributed by atoms with Gasteiger partial charge in [-0.15, -0.1) is 0 Å². The molecule has 0 radical (unpaired) electrons. The second-order valence-electron chi connectivity index (χ2n) is 2.65. The van der Waals surface area contributed by atoms with Crippen molar-refractivity contribution in [3.05, 3.63) is 29.8 Å². The van der Waals surface area contributed by atoms with E-state index in [0.29, 0.717) is 0 Å². The first-order chi connectivity index (χ1) is 6.27. The van der Waals surface area contributed by atoms with Crippen LogP contribution in [0.25, 0.3) is 0 Å². The highest BCUT2D eigenvalue weighted by Gasteiger charge is 2.05. The zero-order valence-corrected chi connectivity index (χ0v) is 7.40. The summed E-state index contributed by atoms with van der Waals surface area (Å²) >= 11 is 0. The smallest absolute Gasteiger partial charge is 0.118 e. The Labute approximate surface area is 77.2 Å². The number of nitriles is 1. The van der Waals surface area contributed by atoms with Crippen LogP contribution in [0.15, 0.2) is 24.3 Å². The lowest BCUT2D eigenvalue weighted by atomic mass is 10.1. The summed E-state index contributed by atoms with van der Waals surface area (Å²) in [6.45, 7) is 0. The Morgan fingerprint density at radius 1 is 1.46 bits per heavy atom. The highest BCUT2D eigenvalue weighted by molar-refractivity contribution is 5.28. The molecule has 1 aromatic carbocycles. The van der Waals surface area contributed by atoms with Crippen molar-refractivity contribution in [2.24, 2.45) is 0 Å². The number of aliphatic hydroxyl groups excluding tert-OH is 1. The monoisotopic (exact) mass is 177 g/mol. The maximum absolute atomic E-state index is 9.42. The van der Waals surface area contributed by atoms with Gasteiger partial charge in [-0.2, -0.15) is 5.26 Å². The Balaban J connectivity index is 2.74. The SMILES string of the molecule is COc1ccc([C@H](O)CC#N)cc1. The lowest BCUT2D eigenvalue weighted by Crippen LogP contribution is -1.95. The van der Waals surface area contributed by atoms with E-state index in [0.717, 1.165) is 11.3 Å². The first-order valence-electron chi connectivity index (χ1n) is 3.97. The number of aliphatic hydroxyl groups is 1. The van der Waals surface area contributed by atoms with Gasteiger partial charge >= 0.3 is 0 Å². The fraction of sp³-hybridized carbons (Fsp3) is 0.300. The Hall–Kier alpha value is -1.53. The van der Waals surface area contributed by atoms with E-state index in [-0.39, 0.29) is 6.42 Å². The summed E-state index contributed by atoms with van der Waals surface area (Å²) in [6.07, 6.45) is -0.581. The van der Waals surface area contributed by atoms with E-state index in [1.165, 1.54) is 0 Å². The van der Waals surface area contributed by atoms with Crippen molar-refractivity contribution in [1.29, 1.82) is 5.26 Å². The minimum absolute atomic E-state index is 0.117. The van der Waals surface area contributed by atoms with E-state index in [2.05, 4.69) is 0 Å². The quantitative estimate of drug-likeness (QED) is 0.763. The third-order valence-electron chi connectivity index (χ3n) is 1.79. The van der Waals surface area contributed by atoms with Crippen molar-refractivity contribution >= 4 is 0 Å². The summed E-state index contributed by atoms with van der Waals surface area (Å²) in [5.74, 6) is 0.743. The van der Waals surface area contributed by atoms with Gasteiger partial charge in [-0.25, -0.2) is 0 Å². The molecular weight excluding hydrogens is 166 g/mol. The third kappa shape index (κ3) is 2.46. The first-order valence-corrected chi connectivity index (χ1v) is 3.97. The van der Waals surface area contributed by atoms with Crippen LogP contribution in [-0.4, -0.2) is 12.2 Å². The molecule has 1 N–H and O–H groups in total. The number of nitrogens with zero attached hydrogens (tertiary/aromatic N) is 1. The summed E-state index contributed by atoms with van der Waals surface area (Å²) in [7, 11) is 1.58. The molecular formula is C10H11NO2. The summed E-state index contributed by atoms with van der Waals surface area (Å²) in [6, 6.07) is 8.93. The molecule has 0 fully saturated rings. The molecule has 0 spiro atoms. The van der Waals surface area contributed by atoms with Gasteiger partial charge in [-0.05, 0) is 17.7 Å². The van der Waals surface area contributed by atoms with Crippen LogP contribution in [0.4, 0.5) is 0 Å². The van der Waals surface area contributed by atoms with Gasteiger partial charge in [0.1, 0.15) is 5.75 Å². The first kappa shape index (κ1) is 9.56. The van der Waals surface area contributed by atoms with Crippen LogP contribution in [-0.2, 0) is 0 Å². The van der Waals surface area contributed by atoms with Crippen molar-refractivity contribution in [3.63, 3.8) is 0 Å². The molecule has 1 atom stereocenters. The summed E-state index contributed by atoms with van der Waals surface area (Å²) in [5.41, 5.74) is 0.738. The molecule has 0 aromatic heterocycles. The molecule has 0 bridgehead atoms. The van der Waals surface area contributed by atoms with Crippen LogP contribution in [0, 0.1) is 11.3 Å². The van der Waals surface area contributed by atoms with Gasteiger partial charge in [0.2, 0.25) is 0 Å². The van der Waals surface area contributed by atoms with E-state index in [9.17, 15) is 5.11 Å². The second kappa shape index (κ2) is 4.48. The van der Waals surface area contributed by atoms with Crippen LogP contribution in [0.3, 0.4) is 0 Å². The molecule has 3 nitrogen and oxygen atoms in total. The van der Waals surface area contributed by atoms with Crippen LogP contribution >= 0.6 is 0 Å². The van der Waals surface area contributed by atoms with Crippen LogP contribution < -0.4 is 4.74 Å². The second-order valence-corrected chi connectivity index (χ2v) is 2.65. The average Bonchev–Trinajstić information content (AvgIpc) is 2.18. The van der Waals surface area contributed by atoms with Crippen LogP contribution in [0.1, 0.15) is 18.1 Å². The lowest BCUT2D eigenvalue weighted by Gasteiger charge is -2.06. The maximum Gasteiger partial charge on any atom is 0.118 e. The third-order valence-corrected chi connectivity index (χ3v) is 1.79. The number of hydrogen-bond acceptors (Lipinski definition) is 3. The topological polar surface area (TPSA) is 53.2 Å². The van der Waals surface area contributed by atoms with Gasteiger partial charge in [0.05, 0.1) is 25.7 Å². The molecule has 0 unspecified atom stereocenters. The molecule has 13 heavy (non-hydrogen) atoms. The average molecular weight is 177 g/mol. The van der Waals surface area contributed by atoms with E-state index < -0.39 is 6.10 Å². The minimum Gasteiger partial charge on any atom is -0.497 e. The molecule has 0 aliphatic carbocycles. The maximum atomic E-state index is 9.42. The van der Waals surface area contributed by atoms with Crippen molar-refractivity contribution in [1.82, 2.24) is 0 Å². The predicted octanol–water partition coefficient (Wildman–Crippen LogP) is 1.64. The predicted molar refractivity (Wildman–Crippen MR) is 48.2 cm³/mol. The van der Waals surface area contributed by atoms with Gasteiger partial charge in [0, 0.05) is 0 Å². The largest absolute Gasteiger partial charge is 0.497 e. The van der Waals surface area contributed by atoms with Crippen molar-refractivity contribution in [3.8, 4) is 11.8 Å². The Morgan fingerprint density at radius 3 is 2.54 bits per heavy atom. The zero-order valence-electron chi connectivity index (χ0n) is 7.40. The lowest BCUT2D eigenvalue weighted by molar-refractivity contribution is 0.183. The number of ether oxygens (including phenoxy) is 1. The standard InChI is InChI=1S/C10H11NO2/c1-13-9-4-2-8(3-5-9)10(12)6-7-11/h2-5,10,12H,6H2,1H3/t10-/m1/s1. The van der Waals surface area contributed by atoms with E-state index in [1.807, 2.05) is 6.07 Å². The van der Waals surface area contributed by atoms with Crippen molar-refractivity contribution < 1.29 is 9.84 Å². The molecule has 68 valence electrons. The van der Waals surface area contributed by atoms with Crippen molar-refractivity contribution in [2.75, 3.05) is 7.11 Å². The minimum atomic E-state index is -0.698. The molecule has 1 rings (SSSR count). The van der Waals surface area contributed by atoms with Gasteiger partial charge in [-0.1, -0.05) is 12.1 Å². The highest BCUT2D eigenvalue weighted by Crippen LogP contribution is 2.19. The number of benzene rings is 1. The van der Waals surface area contributed by atoms with Crippen LogP contribution in [0.5, 0.6) is 5.75 Å². The van der Waals surface area contributed by atoms with Crippen molar-refractivity contribution in [2.45, 2.75) is 12.5 Å². The molecule has 0 amide bonds. The molecule has 0 saturated carbocycles. The number of methoxy groups -OCH3 is 1.